The number of hydrogen-bond donors (Lipinski definition) is 1. The first-order valence-electron chi connectivity index (χ1n) is 8.38. The summed E-state index contributed by atoms with van der Waals surface area (Å²) in [6, 6.07) is 14.3. The first-order chi connectivity index (χ1) is 13.5. The lowest BCUT2D eigenvalue weighted by molar-refractivity contribution is -0.113. The number of halogens is 1. The van der Waals surface area contributed by atoms with Gasteiger partial charge in [0.25, 0.3) is 0 Å². The summed E-state index contributed by atoms with van der Waals surface area (Å²) in [5, 5.41) is 12.3. The number of nitrogens with zero attached hydrogens (tertiary/aromatic N) is 3. The van der Waals surface area contributed by atoms with Crippen molar-refractivity contribution in [2.75, 3.05) is 18.2 Å². The van der Waals surface area contributed by atoms with Crippen LogP contribution in [0.25, 0.3) is 0 Å². The number of methoxy groups -OCH3 is 1. The second-order valence-electron chi connectivity index (χ2n) is 5.77. The Balaban J connectivity index is 1.50. The van der Waals surface area contributed by atoms with Gasteiger partial charge in [-0.1, -0.05) is 23.4 Å². The molecule has 0 atom stereocenters. The fourth-order valence-corrected chi connectivity index (χ4v) is 3.13. The van der Waals surface area contributed by atoms with Crippen molar-refractivity contribution >= 4 is 35.0 Å². The molecule has 0 saturated heterocycles. The largest absolute Gasteiger partial charge is 0.497 e. The van der Waals surface area contributed by atoms with E-state index in [-0.39, 0.29) is 18.3 Å². The summed E-state index contributed by atoms with van der Waals surface area (Å²) in [6.07, 6.45) is 0. The van der Waals surface area contributed by atoms with Crippen LogP contribution in [0.15, 0.2) is 53.7 Å². The molecule has 1 heterocycles. The molecule has 2 aromatic carbocycles. The van der Waals surface area contributed by atoms with Gasteiger partial charge < -0.3 is 19.4 Å². The maximum Gasteiger partial charge on any atom is 0.234 e. The Morgan fingerprint density at radius 1 is 1.11 bits per heavy atom. The predicted octanol–water partition coefficient (Wildman–Crippen LogP) is 3.79. The lowest BCUT2D eigenvalue weighted by Crippen LogP contribution is -2.14. The summed E-state index contributed by atoms with van der Waals surface area (Å²) in [7, 11) is 3.45. The number of rotatable bonds is 8. The maximum atomic E-state index is 12.1. The standard InChI is InChI=1S/C19H19ClN4O3S/c1-24-17(11-27-16-9-7-15(26-2)8-10-16)22-23-19(24)28-12-18(25)21-14-5-3-13(20)4-6-14/h3-10H,11-12H2,1-2H3,(H,21,25). The summed E-state index contributed by atoms with van der Waals surface area (Å²) in [5.41, 5.74) is 0.696. The third-order valence-corrected chi connectivity index (χ3v) is 5.09. The zero-order valence-corrected chi connectivity index (χ0v) is 17.0. The van der Waals surface area contributed by atoms with Gasteiger partial charge in [-0.3, -0.25) is 4.79 Å². The van der Waals surface area contributed by atoms with Crippen molar-refractivity contribution in [3.05, 3.63) is 59.4 Å². The SMILES string of the molecule is COc1ccc(OCc2nnc(SCC(=O)Nc3ccc(Cl)cc3)n2C)cc1. The van der Waals surface area contributed by atoms with Crippen LogP contribution in [0.3, 0.4) is 0 Å². The van der Waals surface area contributed by atoms with E-state index < -0.39 is 0 Å². The van der Waals surface area contributed by atoms with Crippen LogP contribution in [0.2, 0.25) is 5.02 Å². The van der Waals surface area contributed by atoms with E-state index in [9.17, 15) is 4.79 Å². The Kier molecular flexibility index (Phi) is 6.78. The third kappa shape index (κ3) is 5.40. The summed E-state index contributed by atoms with van der Waals surface area (Å²) in [5.74, 6) is 2.22. The van der Waals surface area contributed by atoms with Crippen molar-refractivity contribution in [1.29, 1.82) is 0 Å². The van der Waals surface area contributed by atoms with Gasteiger partial charge in [-0.05, 0) is 48.5 Å². The van der Waals surface area contributed by atoms with Crippen molar-refractivity contribution < 1.29 is 14.3 Å². The number of amides is 1. The first kappa shape index (κ1) is 20.0. The van der Waals surface area contributed by atoms with Crippen molar-refractivity contribution in [2.45, 2.75) is 11.8 Å². The number of benzene rings is 2. The molecular formula is C19H19ClN4O3S. The van der Waals surface area contributed by atoms with Gasteiger partial charge in [-0.25, -0.2) is 0 Å². The quantitative estimate of drug-likeness (QED) is 0.561. The van der Waals surface area contributed by atoms with Crippen molar-refractivity contribution in [3.63, 3.8) is 0 Å². The number of nitrogens with one attached hydrogen (secondary N) is 1. The zero-order chi connectivity index (χ0) is 19.9. The molecule has 0 fully saturated rings. The van der Waals surface area contributed by atoms with Crippen LogP contribution in [0.4, 0.5) is 5.69 Å². The molecule has 0 aliphatic carbocycles. The molecule has 0 unspecified atom stereocenters. The molecule has 1 N–H and O–H groups in total. The summed E-state index contributed by atoms with van der Waals surface area (Å²) >= 11 is 7.14. The minimum absolute atomic E-state index is 0.133. The second kappa shape index (κ2) is 9.48. The lowest BCUT2D eigenvalue weighted by atomic mass is 10.3. The maximum absolute atomic E-state index is 12.1. The highest BCUT2D eigenvalue weighted by molar-refractivity contribution is 7.99. The molecule has 7 nitrogen and oxygen atoms in total. The fourth-order valence-electron chi connectivity index (χ4n) is 2.28. The van der Waals surface area contributed by atoms with E-state index in [1.807, 2.05) is 35.9 Å². The molecule has 0 radical (unpaired) electrons. The van der Waals surface area contributed by atoms with Gasteiger partial charge in [0.15, 0.2) is 11.0 Å². The van der Waals surface area contributed by atoms with Gasteiger partial charge in [0.1, 0.15) is 18.1 Å². The lowest BCUT2D eigenvalue weighted by Gasteiger charge is -2.07. The number of carbonyl (C=O) groups is 1. The zero-order valence-electron chi connectivity index (χ0n) is 15.4. The second-order valence-corrected chi connectivity index (χ2v) is 7.14. The molecule has 1 aromatic heterocycles. The summed E-state index contributed by atoms with van der Waals surface area (Å²) in [6.45, 7) is 0.271. The molecule has 146 valence electrons. The fraction of sp³-hybridized carbons (Fsp3) is 0.211. The minimum Gasteiger partial charge on any atom is -0.497 e. The van der Waals surface area contributed by atoms with Crippen molar-refractivity contribution in [3.8, 4) is 11.5 Å². The Labute approximate surface area is 172 Å². The number of aromatic nitrogens is 3. The normalized spacial score (nSPS) is 10.5. The molecule has 9 heteroatoms. The molecule has 0 aliphatic rings. The van der Waals surface area contributed by atoms with Gasteiger partial charge in [-0.15, -0.1) is 10.2 Å². The Morgan fingerprint density at radius 2 is 1.79 bits per heavy atom. The van der Waals surface area contributed by atoms with Crippen LogP contribution in [-0.4, -0.2) is 33.5 Å². The van der Waals surface area contributed by atoms with E-state index in [4.69, 9.17) is 21.1 Å². The van der Waals surface area contributed by atoms with Gasteiger partial charge in [-0.2, -0.15) is 0 Å². The van der Waals surface area contributed by atoms with E-state index in [0.29, 0.717) is 27.4 Å². The Morgan fingerprint density at radius 3 is 2.46 bits per heavy atom. The summed E-state index contributed by atoms with van der Waals surface area (Å²) in [4.78, 5) is 12.1. The van der Waals surface area contributed by atoms with E-state index in [2.05, 4.69) is 15.5 Å². The van der Waals surface area contributed by atoms with E-state index in [1.165, 1.54) is 11.8 Å². The van der Waals surface area contributed by atoms with Gasteiger partial charge in [0, 0.05) is 17.8 Å². The molecule has 0 bridgehead atoms. The van der Waals surface area contributed by atoms with Crippen LogP contribution in [0.1, 0.15) is 5.82 Å². The highest BCUT2D eigenvalue weighted by Gasteiger charge is 2.12. The average Bonchev–Trinajstić information content (AvgIpc) is 3.06. The molecule has 0 aliphatic heterocycles. The average molecular weight is 419 g/mol. The third-order valence-electron chi connectivity index (χ3n) is 3.81. The molecule has 0 saturated carbocycles. The Hall–Kier alpha value is -2.71. The van der Waals surface area contributed by atoms with E-state index >= 15 is 0 Å². The van der Waals surface area contributed by atoms with Crippen LogP contribution in [-0.2, 0) is 18.4 Å². The van der Waals surface area contributed by atoms with Gasteiger partial charge >= 0.3 is 0 Å². The smallest absolute Gasteiger partial charge is 0.234 e. The van der Waals surface area contributed by atoms with Crippen LogP contribution < -0.4 is 14.8 Å². The van der Waals surface area contributed by atoms with Crippen LogP contribution in [0.5, 0.6) is 11.5 Å². The number of carbonyl (C=O) groups excluding carboxylic acids is 1. The molecular weight excluding hydrogens is 400 g/mol. The topological polar surface area (TPSA) is 78.3 Å². The predicted molar refractivity (Wildman–Crippen MR) is 109 cm³/mol. The molecule has 3 aromatic rings. The monoisotopic (exact) mass is 418 g/mol. The molecule has 1 amide bonds. The van der Waals surface area contributed by atoms with Crippen molar-refractivity contribution in [2.24, 2.45) is 7.05 Å². The summed E-state index contributed by atoms with van der Waals surface area (Å²) < 4.78 is 12.7. The van der Waals surface area contributed by atoms with Crippen molar-refractivity contribution in [1.82, 2.24) is 14.8 Å². The Bertz CT molecular complexity index is 929. The highest BCUT2D eigenvalue weighted by Crippen LogP contribution is 2.20. The number of ether oxygens (including phenoxy) is 2. The van der Waals surface area contributed by atoms with E-state index in [1.54, 1.807) is 31.4 Å². The van der Waals surface area contributed by atoms with Crippen LogP contribution >= 0.6 is 23.4 Å². The highest BCUT2D eigenvalue weighted by atomic mass is 35.5. The number of thioether (sulfide) groups is 1. The van der Waals surface area contributed by atoms with Gasteiger partial charge in [0.05, 0.1) is 12.9 Å². The number of anilines is 1. The first-order valence-corrected chi connectivity index (χ1v) is 9.75. The molecule has 0 spiro atoms. The molecule has 3 rings (SSSR count). The van der Waals surface area contributed by atoms with Gasteiger partial charge in [0.2, 0.25) is 5.91 Å². The van der Waals surface area contributed by atoms with Crippen LogP contribution in [0, 0.1) is 0 Å². The van der Waals surface area contributed by atoms with E-state index in [0.717, 1.165) is 5.75 Å². The minimum atomic E-state index is -0.133. The molecule has 28 heavy (non-hydrogen) atoms. The number of hydrogen-bond acceptors (Lipinski definition) is 6.